The zero-order valence-corrected chi connectivity index (χ0v) is 14.5. The lowest BCUT2D eigenvalue weighted by Crippen LogP contribution is -2.08. The summed E-state index contributed by atoms with van der Waals surface area (Å²) in [6, 6.07) is 5.53. The average Bonchev–Trinajstić information content (AvgIpc) is 2.95. The SMILES string of the molecule is CC[S+]([O-])c1cc(N)cnc1-c1nc2cc(SC(F)(F)F)ccc2o1. The number of pyridine rings is 1. The van der Waals surface area contributed by atoms with Crippen molar-refractivity contribution in [2.75, 3.05) is 11.5 Å². The Kier molecular flexibility index (Phi) is 4.85. The Morgan fingerprint density at radius 1 is 1.32 bits per heavy atom. The second-order valence-corrected chi connectivity index (χ2v) is 7.79. The zero-order chi connectivity index (χ0) is 18.2. The maximum atomic E-state index is 12.5. The molecule has 0 saturated carbocycles. The molecule has 0 aliphatic rings. The molecular formula is C15H12F3N3O2S2. The number of alkyl halides is 3. The number of fused-ring (bicyclic) bond motifs is 1. The van der Waals surface area contributed by atoms with E-state index >= 15 is 0 Å². The number of nitrogens with two attached hydrogens (primary N) is 1. The molecule has 0 saturated heterocycles. The van der Waals surface area contributed by atoms with E-state index in [1.807, 2.05) is 0 Å². The fraction of sp³-hybridized carbons (Fsp3) is 0.200. The molecule has 1 atom stereocenters. The summed E-state index contributed by atoms with van der Waals surface area (Å²) in [4.78, 5) is 8.71. The van der Waals surface area contributed by atoms with E-state index in [4.69, 9.17) is 10.2 Å². The highest BCUT2D eigenvalue weighted by Crippen LogP contribution is 2.38. The smallest absolute Gasteiger partial charge is 0.446 e. The Morgan fingerprint density at radius 2 is 2.08 bits per heavy atom. The molecule has 0 aliphatic heterocycles. The number of benzene rings is 1. The summed E-state index contributed by atoms with van der Waals surface area (Å²) in [5, 5.41) is 0. The summed E-state index contributed by atoms with van der Waals surface area (Å²) in [5.74, 6) is 0.436. The molecule has 132 valence electrons. The molecule has 2 N–H and O–H groups in total. The van der Waals surface area contributed by atoms with Crippen LogP contribution in [0.25, 0.3) is 22.7 Å². The van der Waals surface area contributed by atoms with E-state index in [0.29, 0.717) is 21.9 Å². The van der Waals surface area contributed by atoms with E-state index in [0.717, 1.165) is 0 Å². The molecule has 0 bridgehead atoms. The summed E-state index contributed by atoms with van der Waals surface area (Å²) < 4.78 is 55.3. The summed E-state index contributed by atoms with van der Waals surface area (Å²) >= 11 is -1.58. The number of aromatic nitrogens is 2. The van der Waals surface area contributed by atoms with Crippen LogP contribution in [-0.2, 0) is 11.2 Å². The van der Waals surface area contributed by atoms with Crippen molar-refractivity contribution in [3.8, 4) is 11.6 Å². The predicted molar refractivity (Wildman–Crippen MR) is 90.5 cm³/mol. The number of hydrogen-bond acceptors (Lipinski definition) is 6. The lowest BCUT2D eigenvalue weighted by atomic mass is 10.3. The highest BCUT2D eigenvalue weighted by atomic mass is 32.2. The number of nitrogens with zero attached hydrogens (tertiary/aromatic N) is 2. The van der Waals surface area contributed by atoms with Gasteiger partial charge < -0.3 is 14.7 Å². The third kappa shape index (κ3) is 4.02. The molecule has 25 heavy (non-hydrogen) atoms. The molecule has 1 unspecified atom stereocenters. The van der Waals surface area contributed by atoms with Gasteiger partial charge in [0.25, 0.3) is 5.89 Å². The second-order valence-electron chi connectivity index (χ2n) is 4.95. The van der Waals surface area contributed by atoms with Gasteiger partial charge in [-0.3, -0.25) is 0 Å². The van der Waals surface area contributed by atoms with Gasteiger partial charge in [0.15, 0.2) is 16.2 Å². The molecular weight excluding hydrogens is 375 g/mol. The third-order valence-electron chi connectivity index (χ3n) is 3.18. The minimum absolute atomic E-state index is 0.00229. The van der Waals surface area contributed by atoms with E-state index < -0.39 is 16.7 Å². The minimum Gasteiger partial charge on any atom is -0.611 e. The van der Waals surface area contributed by atoms with E-state index in [1.54, 1.807) is 6.92 Å². The van der Waals surface area contributed by atoms with E-state index in [9.17, 15) is 17.7 Å². The van der Waals surface area contributed by atoms with Crippen molar-refractivity contribution in [3.63, 3.8) is 0 Å². The van der Waals surface area contributed by atoms with Crippen LogP contribution in [0, 0.1) is 0 Å². The molecule has 0 aliphatic carbocycles. The standard InChI is InChI=1S/C15H12F3N3O2S2/c1-2-25(22)12-5-8(19)7-20-13(12)14-21-10-6-9(24-15(16,17)18)3-4-11(10)23-14/h3-7H,2,19H2,1H3. The van der Waals surface area contributed by atoms with E-state index in [1.165, 1.54) is 30.5 Å². The van der Waals surface area contributed by atoms with Crippen LogP contribution in [0.1, 0.15) is 6.92 Å². The van der Waals surface area contributed by atoms with Crippen LogP contribution in [0.4, 0.5) is 18.9 Å². The maximum Gasteiger partial charge on any atom is 0.446 e. The average molecular weight is 387 g/mol. The number of rotatable bonds is 4. The van der Waals surface area contributed by atoms with Crippen molar-refractivity contribution in [2.24, 2.45) is 0 Å². The zero-order valence-electron chi connectivity index (χ0n) is 12.8. The van der Waals surface area contributed by atoms with Crippen molar-refractivity contribution in [3.05, 3.63) is 30.5 Å². The van der Waals surface area contributed by atoms with Gasteiger partial charge >= 0.3 is 5.51 Å². The second kappa shape index (κ2) is 6.77. The quantitative estimate of drug-likeness (QED) is 0.533. The van der Waals surface area contributed by atoms with Gasteiger partial charge in [0.2, 0.25) is 0 Å². The van der Waals surface area contributed by atoms with Gasteiger partial charge in [-0.05, 0) is 48.1 Å². The number of halogens is 3. The Labute approximate surface area is 148 Å². The van der Waals surface area contributed by atoms with Gasteiger partial charge in [0, 0.05) is 11.0 Å². The molecule has 0 radical (unpaired) electrons. The first-order valence-corrected chi connectivity index (χ1v) is 9.21. The van der Waals surface area contributed by atoms with Crippen LogP contribution in [0.15, 0.2) is 44.7 Å². The Bertz CT molecular complexity index is 915. The molecule has 0 fully saturated rings. The summed E-state index contributed by atoms with van der Waals surface area (Å²) in [5.41, 5.74) is 2.49. The molecule has 5 nitrogen and oxygen atoms in total. The van der Waals surface area contributed by atoms with Crippen LogP contribution in [0.3, 0.4) is 0 Å². The molecule has 10 heteroatoms. The van der Waals surface area contributed by atoms with Gasteiger partial charge in [-0.25, -0.2) is 9.97 Å². The molecule has 0 amide bonds. The van der Waals surface area contributed by atoms with E-state index in [-0.39, 0.29) is 33.8 Å². The van der Waals surface area contributed by atoms with Crippen molar-refractivity contribution in [1.82, 2.24) is 9.97 Å². The van der Waals surface area contributed by atoms with Crippen LogP contribution in [0.2, 0.25) is 0 Å². The monoisotopic (exact) mass is 387 g/mol. The normalized spacial score (nSPS) is 13.3. The van der Waals surface area contributed by atoms with Gasteiger partial charge in [-0.1, -0.05) is 0 Å². The van der Waals surface area contributed by atoms with Gasteiger partial charge in [0.1, 0.15) is 11.3 Å². The summed E-state index contributed by atoms with van der Waals surface area (Å²) in [6.07, 6.45) is 1.38. The minimum atomic E-state index is -4.38. The lowest BCUT2D eigenvalue weighted by Gasteiger charge is -2.10. The summed E-state index contributed by atoms with van der Waals surface area (Å²) in [7, 11) is 0. The molecule has 2 aromatic heterocycles. The molecule has 3 aromatic rings. The number of nitrogen functional groups attached to an aromatic ring is 1. The fourth-order valence-electron chi connectivity index (χ4n) is 2.16. The number of hydrogen-bond donors (Lipinski definition) is 1. The van der Waals surface area contributed by atoms with Crippen molar-refractivity contribution in [2.45, 2.75) is 22.2 Å². The van der Waals surface area contributed by atoms with E-state index in [2.05, 4.69) is 9.97 Å². The molecule has 2 heterocycles. The third-order valence-corrected chi connectivity index (χ3v) is 5.22. The molecule has 1 aromatic carbocycles. The van der Waals surface area contributed by atoms with Crippen molar-refractivity contribution < 1.29 is 22.1 Å². The number of thioether (sulfide) groups is 1. The van der Waals surface area contributed by atoms with Crippen LogP contribution < -0.4 is 5.73 Å². The Hall–Kier alpha value is -1.91. The van der Waals surface area contributed by atoms with Crippen LogP contribution in [0.5, 0.6) is 0 Å². The first-order valence-electron chi connectivity index (χ1n) is 7.07. The molecule has 3 rings (SSSR count). The Morgan fingerprint density at radius 3 is 2.76 bits per heavy atom. The first-order chi connectivity index (χ1) is 11.8. The highest BCUT2D eigenvalue weighted by Gasteiger charge is 2.29. The van der Waals surface area contributed by atoms with Gasteiger partial charge in [0.05, 0.1) is 11.9 Å². The number of anilines is 1. The largest absolute Gasteiger partial charge is 0.611 e. The predicted octanol–water partition coefficient (Wildman–Crippen LogP) is 4.21. The van der Waals surface area contributed by atoms with Crippen LogP contribution >= 0.6 is 11.8 Å². The number of oxazole rings is 1. The summed E-state index contributed by atoms with van der Waals surface area (Å²) in [6.45, 7) is 1.75. The van der Waals surface area contributed by atoms with Crippen molar-refractivity contribution >= 4 is 39.7 Å². The highest BCUT2D eigenvalue weighted by molar-refractivity contribution is 8.00. The van der Waals surface area contributed by atoms with Crippen LogP contribution in [-0.4, -0.2) is 25.8 Å². The fourth-order valence-corrected chi connectivity index (χ4v) is 3.66. The van der Waals surface area contributed by atoms with Gasteiger partial charge in [-0.15, -0.1) is 0 Å². The topological polar surface area (TPSA) is 88.0 Å². The van der Waals surface area contributed by atoms with Crippen molar-refractivity contribution in [1.29, 1.82) is 0 Å². The maximum absolute atomic E-state index is 12.5. The van der Waals surface area contributed by atoms with Gasteiger partial charge in [-0.2, -0.15) is 13.2 Å². The lowest BCUT2D eigenvalue weighted by molar-refractivity contribution is -0.0328. The molecule has 0 spiro atoms. The Balaban J connectivity index is 2.05. The first kappa shape index (κ1) is 17.9.